The topological polar surface area (TPSA) is 78.4 Å². The Morgan fingerprint density at radius 2 is 2.12 bits per heavy atom. The lowest BCUT2D eigenvalue weighted by Gasteiger charge is -1.98. The number of carbonyl (C=O) groups is 2. The molecular formula is C11H8N2O3S. The zero-order valence-corrected chi connectivity index (χ0v) is 9.38. The summed E-state index contributed by atoms with van der Waals surface area (Å²) in [7, 11) is 0. The Kier molecular flexibility index (Phi) is 2.88. The number of carbonyl (C=O) groups excluding carboxylic acids is 1. The van der Waals surface area contributed by atoms with Crippen LogP contribution >= 0.6 is 12.2 Å². The first-order valence-corrected chi connectivity index (χ1v) is 5.14. The number of hydrogen-bond donors (Lipinski definition) is 3. The second-order valence-electron chi connectivity index (χ2n) is 3.40. The fourth-order valence-electron chi connectivity index (χ4n) is 1.41. The Labute approximate surface area is 102 Å². The number of benzene rings is 1. The summed E-state index contributed by atoms with van der Waals surface area (Å²) in [6.07, 6.45) is 1.54. The fraction of sp³-hybridized carbons (Fsp3) is 0. The van der Waals surface area contributed by atoms with Crippen LogP contribution in [-0.2, 0) is 4.79 Å². The summed E-state index contributed by atoms with van der Waals surface area (Å²) in [4.78, 5) is 22.1. The molecule has 0 bridgehead atoms. The molecule has 1 fully saturated rings. The normalized spacial score (nSPS) is 16.8. The minimum atomic E-state index is -1.01. The summed E-state index contributed by atoms with van der Waals surface area (Å²) in [5, 5.41) is 14.2. The SMILES string of the molecule is O=C1NC(=S)N/C1=C\c1cccc(C(=O)O)c1. The molecule has 0 saturated carbocycles. The van der Waals surface area contributed by atoms with Crippen molar-refractivity contribution in [3.8, 4) is 0 Å². The Morgan fingerprint density at radius 1 is 1.35 bits per heavy atom. The number of nitrogens with one attached hydrogen (secondary N) is 2. The minimum Gasteiger partial charge on any atom is -0.478 e. The lowest BCUT2D eigenvalue weighted by atomic mass is 10.1. The Morgan fingerprint density at radius 3 is 2.71 bits per heavy atom. The maximum atomic E-state index is 11.4. The van der Waals surface area contributed by atoms with E-state index in [1.54, 1.807) is 18.2 Å². The standard InChI is InChI=1S/C11H8N2O3S/c14-9-8(12-11(17)13-9)5-6-2-1-3-7(4-6)10(15)16/h1-5H,(H,15,16)(H2,12,13,14,17)/b8-5-. The van der Waals surface area contributed by atoms with Gasteiger partial charge in [0.1, 0.15) is 5.70 Å². The average Bonchev–Trinajstić information content (AvgIpc) is 2.58. The maximum Gasteiger partial charge on any atom is 0.335 e. The van der Waals surface area contributed by atoms with E-state index in [0.29, 0.717) is 11.3 Å². The highest BCUT2D eigenvalue weighted by Gasteiger charge is 2.19. The monoisotopic (exact) mass is 248 g/mol. The number of amides is 1. The van der Waals surface area contributed by atoms with E-state index in [2.05, 4.69) is 10.6 Å². The van der Waals surface area contributed by atoms with Crippen LogP contribution in [0.1, 0.15) is 15.9 Å². The molecule has 17 heavy (non-hydrogen) atoms. The third-order valence-corrected chi connectivity index (χ3v) is 2.37. The zero-order chi connectivity index (χ0) is 12.4. The van der Waals surface area contributed by atoms with E-state index < -0.39 is 5.97 Å². The second-order valence-corrected chi connectivity index (χ2v) is 3.81. The van der Waals surface area contributed by atoms with Crippen LogP contribution in [0.25, 0.3) is 6.08 Å². The molecule has 1 amide bonds. The first kappa shape index (κ1) is 11.3. The zero-order valence-electron chi connectivity index (χ0n) is 8.56. The highest BCUT2D eigenvalue weighted by Crippen LogP contribution is 2.10. The van der Waals surface area contributed by atoms with E-state index in [-0.39, 0.29) is 16.6 Å². The molecular weight excluding hydrogens is 240 g/mol. The molecule has 6 heteroatoms. The van der Waals surface area contributed by atoms with Crippen LogP contribution < -0.4 is 10.6 Å². The van der Waals surface area contributed by atoms with E-state index in [9.17, 15) is 9.59 Å². The molecule has 0 atom stereocenters. The summed E-state index contributed by atoms with van der Waals surface area (Å²) in [6.45, 7) is 0. The van der Waals surface area contributed by atoms with Gasteiger partial charge in [0, 0.05) is 0 Å². The Balaban J connectivity index is 2.33. The molecule has 1 aliphatic rings. The van der Waals surface area contributed by atoms with E-state index in [4.69, 9.17) is 17.3 Å². The third-order valence-electron chi connectivity index (χ3n) is 2.16. The van der Waals surface area contributed by atoms with Crippen molar-refractivity contribution < 1.29 is 14.7 Å². The van der Waals surface area contributed by atoms with Gasteiger partial charge in [-0.05, 0) is 36.0 Å². The van der Waals surface area contributed by atoms with Crippen LogP contribution in [0.5, 0.6) is 0 Å². The van der Waals surface area contributed by atoms with Crippen LogP contribution in [0.15, 0.2) is 30.0 Å². The number of aromatic carboxylic acids is 1. The van der Waals surface area contributed by atoms with Crippen molar-refractivity contribution in [3.63, 3.8) is 0 Å². The van der Waals surface area contributed by atoms with Gasteiger partial charge in [-0.3, -0.25) is 10.1 Å². The van der Waals surface area contributed by atoms with Gasteiger partial charge in [-0.1, -0.05) is 12.1 Å². The highest BCUT2D eigenvalue weighted by atomic mass is 32.1. The molecule has 86 valence electrons. The average molecular weight is 248 g/mol. The number of hydrogen-bond acceptors (Lipinski definition) is 3. The molecule has 1 aromatic carbocycles. The lowest BCUT2D eigenvalue weighted by molar-refractivity contribution is -0.115. The van der Waals surface area contributed by atoms with Gasteiger partial charge >= 0.3 is 5.97 Å². The largest absolute Gasteiger partial charge is 0.478 e. The molecule has 1 aliphatic heterocycles. The summed E-state index contributed by atoms with van der Waals surface area (Å²) in [6, 6.07) is 6.28. The lowest BCUT2D eigenvalue weighted by Crippen LogP contribution is -2.21. The van der Waals surface area contributed by atoms with E-state index in [0.717, 1.165) is 0 Å². The molecule has 5 nitrogen and oxygen atoms in total. The van der Waals surface area contributed by atoms with Gasteiger partial charge in [0.25, 0.3) is 5.91 Å². The molecule has 3 N–H and O–H groups in total. The summed E-state index contributed by atoms with van der Waals surface area (Å²) in [5.74, 6) is -1.33. The van der Waals surface area contributed by atoms with Crippen molar-refractivity contribution >= 4 is 35.3 Å². The van der Waals surface area contributed by atoms with Crippen LogP contribution in [0, 0.1) is 0 Å². The molecule has 1 heterocycles. The molecule has 0 unspecified atom stereocenters. The van der Waals surface area contributed by atoms with Crippen molar-refractivity contribution in [2.45, 2.75) is 0 Å². The second kappa shape index (κ2) is 4.34. The van der Waals surface area contributed by atoms with Crippen molar-refractivity contribution in [1.82, 2.24) is 10.6 Å². The minimum absolute atomic E-state index is 0.167. The van der Waals surface area contributed by atoms with Crippen LogP contribution in [-0.4, -0.2) is 22.1 Å². The number of carboxylic acid groups (broad SMARTS) is 1. The van der Waals surface area contributed by atoms with Crippen molar-refractivity contribution in [2.75, 3.05) is 0 Å². The Hall–Kier alpha value is -2.21. The summed E-state index contributed by atoms with van der Waals surface area (Å²) in [5.41, 5.74) is 1.09. The van der Waals surface area contributed by atoms with Gasteiger partial charge in [0.15, 0.2) is 5.11 Å². The van der Waals surface area contributed by atoms with Gasteiger partial charge in [0.2, 0.25) is 0 Å². The third kappa shape index (κ3) is 2.48. The predicted octanol–water partition coefficient (Wildman–Crippen LogP) is 0.730. The molecule has 2 rings (SSSR count). The van der Waals surface area contributed by atoms with E-state index in [1.807, 2.05) is 0 Å². The Bertz CT molecular complexity index is 551. The van der Waals surface area contributed by atoms with Crippen molar-refractivity contribution in [2.24, 2.45) is 0 Å². The molecule has 1 aromatic rings. The van der Waals surface area contributed by atoms with Gasteiger partial charge in [-0.25, -0.2) is 4.79 Å². The van der Waals surface area contributed by atoms with E-state index in [1.165, 1.54) is 12.1 Å². The molecule has 1 saturated heterocycles. The summed E-state index contributed by atoms with van der Waals surface area (Å²) >= 11 is 4.78. The smallest absolute Gasteiger partial charge is 0.335 e. The van der Waals surface area contributed by atoms with Gasteiger partial charge < -0.3 is 10.4 Å². The van der Waals surface area contributed by atoms with Gasteiger partial charge in [-0.15, -0.1) is 0 Å². The first-order chi connectivity index (χ1) is 8.06. The highest BCUT2D eigenvalue weighted by molar-refractivity contribution is 7.80. The van der Waals surface area contributed by atoms with Crippen molar-refractivity contribution in [1.29, 1.82) is 0 Å². The quantitative estimate of drug-likeness (QED) is 0.531. The fourth-order valence-corrected chi connectivity index (χ4v) is 1.61. The van der Waals surface area contributed by atoms with Gasteiger partial charge in [0.05, 0.1) is 5.56 Å². The maximum absolute atomic E-state index is 11.4. The predicted molar refractivity (Wildman–Crippen MR) is 65.3 cm³/mol. The number of thiocarbonyl (C=S) groups is 1. The van der Waals surface area contributed by atoms with Gasteiger partial charge in [-0.2, -0.15) is 0 Å². The van der Waals surface area contributed by atoms with Crippen LogP contribution in [0.2, 0.25) is 0 Å². The summed E-state index contributed by atoms with van der Waals surface area (Å²) < 4.78 is 0. The van der Waals surface area contributed by atoms with Crippen LogP contribution in [0.4, 0.5) is 0 Å². The number of rotatable bonds is 2. The van der Waals surface area contributed by atoms with Crippen molar-refractivity contribution in [3.05, 3.63) is 41.1 Å². The van der Waals surface area contributed by atoms with Crippen LogP contribution in [0.3, 0.4) is 0 Å². The molecule has 0 aromatic heterocycles. The van der Waals surface area contributed by atoms with E-state index >= 15 is 0 Å². The molecule has 0 radical (unpaired) electrons. The number of carboxylic acids is 1. The molecule has 0 aliphatic carbocycles. The first-order valence-electron chi connectivity index (χ1n) is 4.73. The molecule has 0 spiro atoms.